The average Bonchev–Trinajstić information content (AvgIpc) is 2.92. The van der Waals surface area contributed by atoms with Crippen molar-refractivity contribution in [2.24, 2.45) is 5.92 Å². The predicted molar refractivity (Wildman–Crippen MR) is 106 cm³/mol. The molecule has 4 unspecified atom stereocenters. The lowest BCUT2D eigenvalue weighted by Crippen LogP contribution is -2.46. The van der Waals surface area contributed by atoms with Crippen LogP contribution < -0.4 is 10.6 Å². The van der Waals surface area contributed by atoms with Crippen LogP contribution in [0.4, 0.5) is 4.79 Å². The highest BCUT2D eigenvalue weighted by Gasteiger charge is 2.39. The van der Waals surface area contributed by atoms with Crippen molar-refractivity contribution >= 4 is 18.3 Å². The summed E-state index contributed by atoms with van der Waals surface area (Å²) in [6.45, 7) is 6.87. The molecule has 2 aliphatic carbocycles. The summed E-state index contributed by atoms with van der Waals surface area (Å²) < 4.78 is 5.17. The summed E-state index contributed by atoms with van der Waals surface area (Å²) in [6, 6.07) is 7.18. The number of hydrogen-bond acceptors (Lipinski definition) is 4. The Morgan fingerprint density at radius 2 is 1.86 bits per heavy atom. The number of benzene rings is 1. The van der Waals surface area contributed by atoms with Crippen molar-refractivity contribution in [3.05, 3.63) is 59.3 Å². The van der Waals surface area contributed by atoms with Gasteiger partial charge >= 0.3 is 6.09 Å². The van der Waals surface area contributed by atoms with E-state index in [1.165, 1.54) is 0 Å². The van der Waals surface area contributed by atoms with Crippen LogP contribution in [0.1, 0.15) is 50.7 Å². The summed E-state index contributed by atoms with van der Waals surface area (Å²) in [5.41, 5.74) is 2.19. The minimum absolute atomic E-state index is 0.0238. The van der Waals surface area contributed by atoms with Gasteiger partial charge in [-0.15, -0.1) is 0 Å². The van der Waals surface area contributed by atoms with Crippen LogP contribution in [0.5, 0.6) is 0 Å². The molecular formula is C22H26N2O4. The first kappa shape index (κ1) is 19.9. The maximum atomic E-state index is 12.4. The van der Waals surface area contributed by atoms with Crippen molar-refractivity contribution in [1.82, 2.24) is 10.6 Å². The number of carbonyl (C=O) groups excluding carboxylic acids is 3. The van der Waals surface area contributed by atoms with Crippen molar-refractivity contribution < 1.29 is 19.1 Å². The molecule has 148 valence electrons. The number of fused-ring (bicyclic) bond motifs is 3. The molecule has 0 heterocycles. The van der Waals surface area contributed by atoms with Gasteiger partial charge in [0.1, 0.15) is 17.9 Å². The van der Waals surface area contributed by atoms with Gasteiger partial charge in [-0.25, -0.2) is 4.79 Å². The molecule has 2 aliphatic rings. The van der Waals surface area contributed by atoms with Gasteiger partial charge in [0, 0.05) is 23.5 Å². The van der Waals surface area contributed by atoms with E-state index in [1.54, 1.807) is 27.7 Å². The molecule has 0 fully saturated rings. The van der Waals surface area contributed by atoms with Gasteiger partial charge in [-0.05, 0) is 44.9 Å². The quantitative estimate of drug-likeness (QED) is 0.784. The zero-order chi connectivity index (χ0) is 20.5. The number of aldehydes is 1. The Labute approximate surface area is 165 Å². The van der Waals surface area contributed by atoms with Gasteiger partial charge in [0.25, 0.3) is 0 Å². The fourth-order valence-corrected chi connectivity index (χ4v) is 3.71. The second-order valence-corrected chi connectivity index (χ2v) is 8.23. The molecule has 0 spiro atoms. The monoisotopic (exact) mass is 382 g/mol. The largest absolute Gasteiger partial charge is 0.444 e. The van der Waals surface area contributed by atoms with Crippen LogP contribution in [-0.2, 0) is 14.3 Å². The number of alkyl carbamates (subject to hydrolysis) is 1. The first-order valence-electron chi connectivity index (χ1n) is 9.44. The molecule has 0 aliphatic heterocycles. The third-order valence-electron chi connectivity index (χ3n) is 4.94. The number of nitrogens with one attached hydrogen (secondary N) is 2. The van der Waals surface area contributed by atoms with Crippen LogP contribution in [-0.4, -0.2) is 29.9 Å². The molecule has 1 aromatic rings. The van der Waals surface area contributed by atoms with Gasteiger partial charge in [0.15, 0.2) is 0 Å². The van der Waals surface area contributed by atoms with Crippen LogP contribution in [0.15, 0.2) is 48.2 Å². The van der Waals surface area contributed by atoms with Gasteiger partial charge in [-0.3, -0.25) is 4.79 Å². The summed E-state index contributed by atoms with van der Waals surface area (Å²) >= 11 is 0. The second-order valence-electron chi connectivity index (χ2n) is 8.23. The lowest BCUT2D eigenvalue weighted by atomic mass is 9.83. The Bertz CT molecular complexity index is 825. The van der Waals surface area contributed by atoms with Crippen LogP contribution in [0.25, 0.3) is 0 Å². The Hall–Kier alpha value is -2.89. The number of carbonyl (C=O) groups is 3. The second kappa shape index (κ2) is 7.62. The highest BCUT2D eigenvalue weighted by atomic mass is 16.6. The normalized spacial score (nSPS) is 23.7. The molecule has 1 aromatic carbocycles. The molecule has 0 saturated heterocycles. The molecule has 2 amide bonds. The molecular weight excluding hydrogens is 356 g/mol. The van der Waals surface area contributed by atoms with Crippen LogP contribution in [0.3, 0.4) is 0 Å². The SMILES string of the molecule is CC(NC(=O)OC(C)(C)C)C(=O)NC1=CC2C(C=O)c3ccccc3C2C=C1. The van der Waals surface area contributed by atoms with E-state index in [2.05, 4.69) is 10.6 Å². The van der Waals surface area contributed by atoms with E-state index in [-0.39, 0.29) is 23.7 Å². The van der Waals surface area contributed by atoms with E-state index in [0.29, 0.717) is 5.70 Å². The van der Waals surface area contributed by atoms with Crippen LogP contribution in [0.2, 0.25) is 0 Å². The van der Waals surface area contributed by atoms with Crippen molar-refractivity contribution in [2.45, 2.75) is 51.2 Å². The number of rotatable bonds is 4. The highest BCUT2D eigenvalue weighted by molar-refractivity contribution is 5.87. The van der Waals surface area contributed by atoms with Gasteiger partial charge in [0.05, 0.1) is 0 Å². The number of ether oxygens (including phenoxy) is 1. The minimum Gasteiger partial charge on any atom is -0.444 e. The highest BCUT2D eigenvalue weighted by Crippen LogP contribution is 2.48. The Morgan fingerprint density at radius 3 is 2.50 bits per heavy atom. The van der Waals surface area contributed by atoms with Gasteiger partial charge in [-0.2, -0.15) is 0 Å². The average molecular weight is 382 g/mol. The van der Waals surface area contributed by atoms with Crippen LogP contribution in [0, 0.1) is 5.92 Å². The van der Waals surface area contributed by atoms with E-state index in [0.717, 1.165) is 17.4 Å². The zero-order valence-electron chi connectivity index (χ0n) is 16.6. The molecule has 2 N–H and O–H groups in total. The van der Waals surface area contributed by atoms with Crippen molar-refractivity contribution in [1.29, 1.82) is 0 Å². The molecule has 6 nitrogen and oxygen atoms in total. The topological polar surface area (TPSA) is 84.5 Å². The molecule has 0 aromatic heterocycles. The van der Waals surface area contributed by atoms with Gasteiger partial charge in [-0.1, -0.05) is 36.4 Å². The van der Waals surface area contributed by atoms with Crippen LogP contribution >= 0.6 is 0 Å². The maximum Gasteiger partial charge on any atom is 0.408 e. The fraction of sp³-hybridized carbons (Fsp3) is 0.409. The summed E-state index contributed by atoms with van der Waals surface area (Å²) in [6.07, 6.45) is 6.14. The summed E-state index contributed by atoms with van der Waals surface area (Å²) in [5.74, 6) is -0.470. The molecule has 3 rings (SSSR count). The third-order valence-corrected chi connectivity index (χ3v) is 4.94. The van der Waals surface area contributed by atoms with Crippen molar-refractivity contribution in [2.75, 3.05) is 0 Å². The molecule has 0 bridgehead atoms. The molecule has 6 heteroatoms. The predicted octanol–water partition coefficient (Wildman–Crippen LogP) is 3.17. The Balaban J connectivity index is 1.66. The lowest BCUT2D eigenvalue weighted by molar-refractivity contribution is -0.122. The van der Waals surface area contributed by atoms with Gasteiger partial charge in [0.2, 0.25) is 5.91 Å². The summed E-state index contributed by atoms with van der Waals surface area (Å²) in [4.78, 5) is 36.0. The molecule has 0 saturated carbocycles. The first-order chi connectivity index (χ1) is 13.2. The third kappa shape index (κ3) is 4.16. The lowest BCUT2D eigenvalue weighted by Gasteiger charge is -2.24. The number of hydrogen-bond donors (Lipinski definition) is 2. The minimum atomic E-state index is -0.760. The maximum absolute atomic E-state index is 12.4. The summed E-state index contributed by atoms with van der Waals surface area (Å²) in [7, 11) is 0. The first-order valence-corrected chi connectivity index (χ1v) is 9.44. The fourth-order valence-electron chi connectivity index (χ4n) is 3.71. The molecule has 4 atom stereocenters. The molecule has 28 heavy (non-hydrogen) atoms. The van der Waals surface area contributed by atoms with E-state index in [9.17, 15) is 14.4 Å². The van der Waals surface area contributed by atoms with Crippen molar-refractivity contribution in [3.8, 4) is 0 Å². The Kier molecular flexibility index (Phi) is 5.40. The standard InChI is InChI=1S/C22H26N2O4/c1-13(23-21(27)28-22(2,3)4)20(26)24-14-9-10-17-15-7-5-6-8-16(15)19(12-25)18(17)11-14/h5-13,17-19H,1-4H3,(H,23,27)(H,24,26). The van der Waals surface area contributed by atoms with E-state index < -0.39 is 17.7 Å². The smallest absolute Gasteiger partial charge is 0.408 e. The number of amides is 2. The molecule has 0 radical (unpaired) electrons. The zero-order valence-corrected chi connectivity index (χ0v) is 16.6. The van der Waals surface area contributed by atoms with Gasteiger partial charge < -0.3 is 20.2 Å². The number of allylic oxidation sites excluding steroid dienone is 3. The van der Waals surface area contributed by atoms with E-state index in [1.807, 2.05) is 42.5 Å². The Morgan fingerprint density at radius 1 is 1.18 bits per heavy atom. The van der Waals surface area contributed by atoms with E-state index in [4.69, 9.17) is 4.74 Å². The summed E-state index contributed by atoms with van der Waals surface area (Å²) in [5, 5.41) is 5.35. The van der Waals surface area contributed by atoms with E-state index >= 15 is 0 Å². The van der Waals surface area contributed by atoms with Crippen molar-refractivity contribution in [3.63, 3.8) is 0 Å².